The van der Waals surface area contributed by atoms with Crippen molar-refractivity contribution in [3.8, 4) is 50.2 Å². The van der Waals surface area contributed by atoms with Crippen molar-refractivity contribution in [2.45, 2.75) is 0 Å². The molecule has 10 aromatic rings. The Hall–Kier alpha value is -7.42. The minimum Gasteiger partial charge on any atom is -0.310 e. The average Bonchev–Trinajstić information content (AvgIpc) is 3.63. The van der Waals surface area contributed by atoms with Crippen LogP contribution in [-0.4, -0.2) is 4.57 Å². The van der Waals surface area contributed by atoms with Crippen molar-refractivity contribution in [3.05, 3.63) is 231 Å². The maximum atomic E-state index is 2.45. The molecule has 0 aliphatic carbocycles. The van der Waals surface area contributed by atoms with E-state index in [0.29, 0.717) is 0 Å². The molecule has 0 fully saturated rings. The van der Waals surface area contributed by atoms with Gasteiger partial charge in [0.1, 0.15) is 0 Å². The predicted octanol–water partition coefficient (Wildman–Crippen LogP) is 14.9. The third-order valence-corrected chi connectivity index (χ3v) is 10.8. The molecule has 10 rings (SSSR count). The van der Waals surface area contributed by atoms with Crippen LogP contribution in [0.4, 0.5) is 17.1 Å². The number of aromatic nitrogens is 1. The number of hydrogen-bond donors (Lipinski definition) is 0. The van der Waals surface area contributed by atoms with Crippen molar-refractivity contribution in [1.82, 2.24) is 4.57 Å². The number of nitrogens with zero attached hydrogens (tertiary/aromatic N) is 2. The summed E-state index contributed by atoms with van der Waals surface area (Å²) in [7, 11) is 0. The van der Waals surface area contributed by atoms with Gasteiger partial charge in [0.25, 0.3) is 0 Å². The number of hydrogen-bond acceptors (Lipinski definition) is 1. The first-order chi connectivity index (χ1) is 27.8. The minimum absolute atomic E-state index is 1.10. The monoisotopic (exact) mass is 714 g/mol. The van der Waals surface area contributed by atoms with E-state index in [1.165, 1.54) is 60.8 Å². The maximum Gasteiger partial charge on any atom is 0.0562 e. The van der Waals surface area contributed by atoms with Crippen LogP contribution >= 0.6 is 0 Å². The fourth-order valence-electron chi connectivity index (χ4n) is 8.23. The number of anilines is 3. The zero-order valence-corrected chi connectivity index (χ0v) is 30.8. The molecule has 1 aromatic heterocycles. The first-order valence-corrected chi connectivity index (χ1v) is 19.2. The van der Waals surface area contributed by atoms with Crippen LogP contribution in [0.5, 0.6) is 0 Å². The van der Waals surface area contributed by atoms with Gasteiger partial charge in [-0.3, -0.25) is 0 Å². The Labute approximate surface area is 327 Å². The Morgan fingerprint density at radius 3 is 1.54 bits per heavy atom. The fourth-order valence-corrected chi connectivity index (χ4v) is 8.23. The van der Waals surface area contributed by atoms with E-state index in [0.717, 1.165) is 28.3 Å². The molecule has 0 aliphatic heterocycles. The normalized spacial score (nSPS) is 11.2. The van der Waals surface area contributed by atoms with Gasteiger partial charge in [-0.15, -0.1) is 0 Å². The van der Waals surface area contributed by atoms with Crippen LogP contribution < -0.4 is 4.90 Å². The molecule has 1 heterocycles. The number of rotatable bonds is 8. The van der Waals surface area contributed by atoms with Gasteiger partial charge in [0.15, 0.2) is 0 Å². The van der Waals surface area contributed by atoms with Gasteiger partial charge < -0.3 is 9.47 Å². The standard InChI is InChI=1S/C54H38N2/c1-5-18-39(19-6-1)40-32-34-43(35-33-40)47-26-13-15-28-50(47)56-51-29-16-14-27-48(51)54-52(30-17-31-53(54)56)55(44-24-11-4-12-25-44)45-36-37-46(41-20-7-2-8-21-41)49(38-45)42-22-9-3-10-23-42/h1-38H. The first-order valence-electron chi connectivity index (χ1n) is 19.2. The Morgan fingerprint density at radius 1 is 0.304 bits per heavy atom. The molecular formula is C54H38N2. The summed E-state index contributed by atoms with van der Waals surface area (Å²) >= 11 is 0. The van der Waals surface area contributed by atoms with E-state index in [4.69, 9.17) is 0 Å². The van der Waals surface area contributed by atoms with Gasteiger partial charge >= 0.3 is 0 Å². The lowest BCUT2D eigenvalue weighted by atomic mass is 9.93. The Morgan fingerprint density at radius 2 is 0.821 bits per heavy atom. The summed E-state index contributed by atoms with van der Waals surface area (Å²) in [6, 6.07) is 83.0. The van der Waals surface area contributed by atoms with Gasteiger partial charge in [-0.25, -0.2) is 0 Å². The maximum absolute atomic E-state index is 2.45. The highest BCUT2D eigenvalue weighted by molar-refractivity contribution is 6.17. The summed E-state index contributed by atoms with van der Waals surface area (Å²) < 4.78 is 2.45. The van der Waals surface area contributed by atoms with Crippen LogP contribution in [0.2, 0.25) is 0 Å². The molecule has 264 valence electrons. The molecule has 0 amide bonds. The summed E-state index contributed by atoms with van der Waals surface area (Å²) in [4.78, 5) is 2.43. The Bertz CT molecular complexity index is 2930. The number of benzene rings is 9. The van der Waals surface area contributed by atoms with Crippen LogP contribution in [0.1, 0.15) is 0 Å². The molecular weight excluding hydrogens is 677 g/mol. The molecule has 2 heteroatoms. The van der Waals surface area contributed by atoms with E-state index in [1.54, 1.807) is 0 Å². The van der Waals surface area contributed by atoms with Crippen molar-refractivity contribution in [2.75, 3.05) is 4.90 Å². The number of fused-ring (bicyclic) bond motifs is 3. The van der Waals surface area contributed by atoms with Crippen molar-refractivity contribution in [2.24, 2.45) is 0 Å². The van der Waals surface area contributed by atoms with E-state index in [2.05, 4.69) is 240 Å². The minimum atomic E-state index is 1.10. The second-order valence-electron chi connectivity index (χ2n) is 14.1. The molecule has 2 nitrogen and oxygen atoms in total. The molecule has 0 atom stereocenters. The van der Waals surface area contributed by atoms with Crippen LogP contribution in [0.25, 0.3) is 72.0 Å². The third kappa shape index (κ3) is 5.95. The van der Waals surface area contributed by atoms with Crippen molar-refractivity contribution in [3.63, 3.8) is 0 Å². The highest BCUT2D eigenvalue weighted by Crippen LogP contribution is 2.46. The summed E-state index contributed by atoms with van der Waals surface area (Å²) in [6.45, 7) is 0. The summed E-state index contributed by atoms with van der Waals surface area (Å²) in [5.74, 6) is 0. The molecule has 0 N–H and O–H groups in total. The Balaban J connectivity index is 1.19. The molecule has 0 spiro atoms. The molecule has 0 radical (unpaired) electrons. The van der Waals surface area contributed by atoms with E-state index in [-0.39, 0.29) is 0 Å². The molecule has 0 aliphatic rings. The average molecular weight is 715 g/mol. The summed E-state index contributed by atoms with van der Waals surface area (Å²) in [6.07, 6.45) is 0. The van der Waals surface area contributed by atoms with E-state index < -0.39 is 0 Å². The topological polar surface area (TPSA) is 8.17 Å². The fraction of sp³-hybridized carbons (Fsp3) is 0. The predicted molar refractivity (Wildman–Crippen MR) is 237 cm³/mol. The molecule has 56 heavy (non-hydrogen) atoms. The molecule has 0 saturated heterocycles. The zero-order valence-electron chi connectivity index (χ0n) is 30.8. The van der Waals surface area contributed by atoms with Crippen molar-refractivity contribution >= 4 is 38.9 Å². The van der Waals surface area contributed by atoms with Gasteiger partial charge in [-0.05, 0) is 87.5 Å². The lowest BCUT2D eigenvalue weighted by molar-refractivity contribution is 1.18. The summed E-state index contributed by atoms with van der Waals surface area (Å²) in [5.41, 5.74) is 16.4. The van der Waals surface area contributed by atoms with Gasteiger partial charge in [-0.2, -0.15) is 0 Å². The largest absolute Gasteiger partial charge is 0.310 e. The quantitative estimate of drug-likeness (QED) is 0.152. The van der Waals surface area contributed by atoms with Crippen LogP contribution in [0.3, 0.4) is 0 Å². The molecule has 0 bridgehead atoms. The second kappa shape index (κ2) is 14.4. The molecule has 0 unspecified atom stereocenters. The lowest BCUT2D eigenvalue weighted by Crippen LogP contribution is -2.10. The third-order valence-electron chi connectivity index (χ3n) is 10.8. The number of para-hydroxylation sites is 3. The van der Waals surface area contributed by atoms with Crippen molar-refractivity contribution in [1.29, 1.82) is 0 Å². The highest BCUT2D eigenvalue weighted by atomic mass is 15.1. The van der Waals surface area contributed by atoms with E-state index in [1.807, 2.05) is 0 Å². The lowest BCUT2D eigenvalue weighted by Gasteiger charge is -2.27. The van der Waals surface area contributed by atoms with Crippen LogP contribution in [0, 0.1) is 0 Å². The second-order valence-corrected chi connectivity index (χ2v) is 14.1. The Kier molecular flexibility index (Phi) is 8.55. The van der Waals surface area contributed by atoms with Crippen LogP contribution in [0.15, 0.2) is 231 Å². The molecule has 0 saturated carbocycles. The van der Waals surface area contributed by atoms with E-state index >= 15 is 0 Å². The zero-order chi connectivity index (χ0) is 37.3. The first kappa shape index (κ1) is 33.2. The van der Waals surface area contributed by atoms with E-state index in [9.17, 15) is 0 Å². The highest BCUT2D eigenvalue weighted by Gasteiger charge is 2.23. The smallest absolute Gasteiger partial charge is 0.0562 e. The van der Waals surface area contributed by atoms with Gasteiger partial charge in [-0.1, -0.05) is 182 Å². The summed E-state index contributed by atoms with van der Waals surface area (Å²) in [5, 5.41) is 2.41. The molecule has 9 aromatic carbocycles. The van der Waals surface area contributed by atoms with Gasteiger partial charge in [0, 0.05) is 27.7 Å². The van der Waals surface area contributed by atoms with Crippen LogP contribution in [-0.2, 0) is 0 Å². The SMILES string of the molecule is c1ccc(-c2ccc(-c3ccccc3-n3c4ccccc4c4c(N(c5ccccc5)c5ccc(-c6ccccc6)c(-c6ccccc6)c5)cccc43)cc2)cc1. The van der Waals surface area contributed by atoms with Gasteiger partial charge in [0.05, 0.1) is 22.4 Å². The van der Waals surface area contributed by atoms with Crippen molar-refractivity contribution < 1.29 is 0 Å². The van der Waals surface area contributed by atoms with Gasteiger partial charge in [0.2, 0.25) is 0 Å².